The summed E-state index contributed by atoms with van der Waals surface area (Å²) in [6, 6.07) is 0. The summed E-state index contributed by atoms with van der Waals surface area (Å²) in [5.74, 6) is 1.45. The second-order valence-electron chi connectivity index (χ2n) is 6.22. The highest BCUT2D eigenvalue weighted by Gasteiger charge is 2.36. The van der Waals surface area contributed by atoms with Crippen molar-refractivity contribution in [2.75, 3.05) is 37.3 Å². The van der Waals surface area contributed by atoms with E-state index in [0.29, 0.717) is 5.92 Å². The average Bonchev–Trinajstić information content (AvgIpc) is 3.06. The number of likely N-dealkylation sites (N-methyl/N-ethyl adjacent to an activating group) is 1. The van der Waals surface area contributed by atoms with Crippen LogP contribution in [0.15, 0.2) is 0 Å². The molecule has 100 valence electrons. The Morgan fingerprint density at radius 2 is 2.06 bits per heavy atom. The predicted molar refractivity (Wildman–Crippen MR) is 77.4 cm³/mol. The van der Waals surface area contributed by atoms with E-state index in [4.69, 9.17) is 5.73 Å². The molecule has 1 aromatic heterocycles. The van der Waals surface area contributed by atoms with Gasteiger partial charge in [-0.1, -0.05) is 0 Å². The molecule has 1 aliphatic carbocycles. The molecule has 18 heavy (non-hydrogen) atoms. The van der Waals surface area contributed by atoms with Crippen LogP contribution in [0, 0.1) is 0 Å². The first-order valence-corrected chi connectivity index (χ1v) is 7.47. The van der Waals surface area contributed by atoms with Crippen LogP contribution in [0.1, 0.15) is 38.2 Å². The Morgan fingerprint density at radius 1 is 1.33 bits per heavy atom. The van der Waals surface area contributed by atoms with Gasteiger partial charge in [-0.3, -0.25) is 4.90 Å². The molecular weight excluding hydrogens is 244 g/mol. The maximum atomic E-state index is 6.05. The van der Waals surface area contributed by atoms with Crippen LogP contribution in [-0.4, -0.2) is 41.5 Å². The van der Waals surface area contributed by atoms with Crippen LogP contribution >= 0.6 is 11.5 Å². The summed E-state index contributed by atoms with van der Waals surface area (Å²) < 4.78 is 4.38. The molecule has 0 amide bonds. The molecule has 2 heterocycles. The fourth-order valence-electron chi connectivity index (χ4n) is 2.70. The zero-order valence-corrected chi connectivity index (χ0v) is 12.3. The topological polar surface area (TPSA) is 45.4 Å². The van der Waals surface area contributed by atoms with Gasteiger partial charge in [0.05, 0.1) is 0 Å². The summed E-state index contributed by atoms with van der Waals surface area (Å²) in [6.45, 7) is 7.86. The number of rotatable bonds is 2. The van der Waals surface area contributed by atoms with Crippen LogP contribution in [0.2, 0.25) is 0 Å². The van der Waals surface area contributed by atoms with Crippen LogP contribution in [0.5, 0.6) is 0 Å². The summed E-state index contributed by atoms with van der Waals surface area (Å²) in [4.78, 5) is 4.92. The second kappa shape index (κ2) is 4.10. The standard InChI is InChI=1S/C13H22N4S/c1-13(2)8-17(7-6-16(13)3)12-10(9-4-5-9)11(14)15-18-12/h9H,4-8H2,1-3H3,(H2,14,15). The van der Waals surface area contributed by atoms with Crippen molar-refractivity contribution < 1.29 is 0 Å². The van der Waals surface area contributed by atoms with Crippen LogP contribution in [-0.2, 0) is 0 Å². The van der Waals surface area contributed by atoms with Gasteiger partial charge in [0.1, 0.15) is 10.8 Å². The van der Waals surface area contributed by atoms with Gasteiger partial charge in [0.2, 0.25) is 0 Å². The van der Waals surface area contributed by atoms with Gasteiger partial charge in [-0.2, -0.15) is 4.37 Å². The molecule has 3 rings (SSSR count). The minimum atomic E-state index is 0.220. The second-order valence-corrected chi connectivity index (χ2v) is 6.97. The largest absolute Gasteiger partial charge is 0.383 e. The maximum absolute atomic E-state index is 6.05. The Morgan fingerprint density at radius 3 is 2.67 bits per heavy atom. The van der Waals surface area contributed by atoms with Gasteiger partial charge < -0.3 is 10.6 Å². The number of anilines is 2. The third-order valence-corrected chi connectivity index (χ3v) is 5.27. The van der Waals surface area contributed by atoms with Crippen molar-refractivity contribution in [3.63, 3.8) is 0 Å². The van der Waals surface area contributed by atoms with Crippen LogP contribution < -0.4 is 10.6 Å². The molecule has 1 aromatic rings. The first-order valence-electron chi connectivity index (χ1n) is 6.70. The zero-order chi connectivity index (χ0) is 12.9. The van der Waals surface area contributed by atoms with E-state index >= 15 is 0 Å². The van der Waals surface area contributed by atoms with Crippen LogP contribution in [0.25, 0.3) is 0 Å². The molecule has 1 saturated carbocycles. The van der Waals surface area contributed by atoms with Crippen molar-refractivity contribution in [3.8, 4) is 0 Å². The SMILES string of the molecule is CN1CCN(c2snc(N)c2C2CC2)CC1(C)C. The van der Waals surface area contributed by atoms with Gasteiger partial charge in [-0.25, -0.2) is 0 Å². The molecule has 0 unspecified atom stereocenters. The number of piperazine rings is 1. The lowest BCUT2D eigenvalue weighted by Crippen LogP contribution is -2.57. The van der Waals surface area contributed by atoms with E-state index in [-0.39, 0.29) is 5.54 Å². The highest BCUT2D eigenvalue weighted by atomic mass is 32.1. The molecule has 0 radical (unpaired) electrons. The molecule has 0 aromatic carbocycles. The van der Waals surface area contributed by atoms with Crippen molar-refractivity contribution in [2.24, 2.45) is 0 Å². The smallest absolute Gasteiger partial charge is 0.142 e. The van der Waals surface area contributed by atoms with Crippen molar-refractivity contribution in [1.29, 1.82) is 0 Å². The van der Waals surface area contributed by atoms with Gasteiger partial charge in [-0.05, 0) is 51.2 Å². The maximum Gasteiger partial charge on any atom is 0.142 e. The molecule has 1 saturated heterocycles. The van der Waals surface area contributed by atoms with E-state index in [2.05, 4.69) is 35.1 Å². The molecule has 2 N–H and O–H groups in total. The minimum absolute atomic E-state index is 0.220. The molecule has 5 heteroatoms. The Bertz CT molecular complexity index is 450. The van der Waals surface area contributed by atoms with E-state index in [1.807, 2.05) is 0 Å². The molecular formula is C13H22N4S. The lowest BCUT2D eigenvalue weighted by Gasteiger charge is -2.45. The highest BCUT2D eigenvalue weighted by Crippen LogP contribution is 2.49. The number of hydrogen-bond donors (Lipinski definition) is 1. The average molecular weight is 266 g/mol. The van der Waals surface area contributed by atoms with Crippen molar-refractivity contribution >= 4 is 22.4 Å². The number of aromatic nitrogens is 1. The van der Waals surface area contributed by atoms with E-state index in [9.17, 15) is 0 Å². The van der Waals surface area contributed by atoms with E-state index in [0.717, 1.165) is 25.5 Å². The Kier molecular flexibility index (Phi) is 2.79. The van der Waals surface area contributed by atoms with Gasteiger partial charge in [0.25, 0.3) is 0 Å². The van der Waals surface area contributed by atoms with Gasteiger partial charge in [-0.15, -0.1) is 0 Å². The Balaban J connectivity index is 1.87. The summed E-state index contributed by atoms with van der Waals surface area (Å²) in [5.41, 5.74) is 7.60. The highest BCUT2D eigenvalue weighted by molar-refractivity contribution is 7.10. The van der Waals surface area contributed by atoms with E-state index < -0.39 is 0 Å². The molecule has 0 bridgehead atoms. The Hall–Kier alpha value is -0.810. The summed E-state index contributed by atoms with van der Waals surface area (Å²) >= 11 is 1.59. The molecule has 2 fully saturated rings. The third-order valence-electron chi connectivity index (χ3n) is 4.33. The molecule has 1 aliphatic heterocycles. The zero-order valence-electron chi connectivity index (χ0n) is 11.4. The van der Waals surface area contributed by atoms with E-state index in [1.54, 1.807) is 11.5 Å². The van der Waals surface area contributed by atoms with Crippen molar-refractivity contribution in [3.05, 3.63) is 5.56 Å². The monoisotopic (exact) mass is 266 g/mol. The summed E-state index contributed by atoms with van der Waals surface area (Å²) in [7, 11) is 2.21. The molecule has 2 aliphatic rings. The predicted octanol–water partition coefficient (Wildman–Crippen LogP) is 2.13. The lowest BCUT2D eigenvalue weighted by atomic mass is 9.99. The lowest BCUT2D eigenvalue weighted by molar-refractivity contribution is 0.139. The van der Waals surface area contributed by atoms with Crippen LogP contribution in [0.4, 0.5) is 10.8 Å². The van der Waals surface area contributed by atoms with Crippen molar-refractivity contribution in [2.45, 2.75) is 38.1 Å². The summed E-state index contributed by atoms with van der Waals surface area (Å²) in [6.07, 6.45) is 2.57. The Labute approximate surface area is 113 Å². The quantitative estimate of drug-likeness (QED) is 0.891. The van der Waals surface area contributed by atoms with Crippen molar-refractivity contribution in [1.82, 2.24) is 9.27 Å². The van der Waals surface area contributed by atoms with Gasteiger partial charge in [0.15, 0.2) is 0 Å². The van der Waals surface area contributed by atoms with Gasteiger partial charge in [0, 0.05) is 30.7 Å². The third kappa shape index (κ3) is 1.99. The fourth-order valence-corrected chi connectivity index (χ4v) is 3.62. The number of nitrogens with zero attached hydrogens (tertiary/aromatic N) is 3. The molecule has 4 nitrogen and oxygen atoms in total. The molecule has 0 spiro atoms. The number of nitrogens with two attached hydrogens (primary N) is 1. The normalized spacial score (nSPS) is 24.5. The minimum Gasteiger partial charge on any atom is -0.383 e. The molecule has 0 atom stereocenters. The van der Waals surface area contributed by atoms with E-state index in [1.165, 1.54) is 23.4 Å². The fraction of sp³-hybridized carbons (Fsp3) is 0.769. The van der Waals surface area contributed by atoms with Crippen LogP contribution in [0.3, 0.4) is 0 Å². The number of hydrogen-bond acceptors (Lipinski definition) is 5. The first kappa shape index (κ1) is 12.2. The van der Waals surface area contributed by atoms with Gasteiger partial charge >= 0.3 is 0 Å². The summed E-state index contributed by atoms with van der Waals surface area (Å²) in [5, 5.41) is 1.33. The number of nitrogen functional groups attached to an aromatic ring is 1. The first-order chi connectivity index (χ1) is 8.49.